The zero-order valence-electron chi connectivity index (χ0n) is 8.24. The molecule has 0 saturated heterocycles. The molecular weight excluding hydrogens is 194 g/mol. The van der Waals surface area contributed by atoms with Gasteiger partial charge in [0.25, 0.3) is 0 Å². The van der Waals surface area contributed by atoms with E-state index in [1.165, 1.54) is 15.3 Å². The number of nitrogens with one attached hydrogen (secondary N) is 2. The quantitative estimate of drug-likeness (QED) is 0.809. The highest BCUT2D eigenvalue weighted by atomic mass is 32.1. The van der Waals surface area contributed by atoms with E-state index in [2.05, 4.69) is 34.6 Å². The van der Waals surface area contributed by atoms with Crippen LogP contribution in [0.15, 0.2) is 24.5 Å². The third-order valence-electron chi connectivity index (χ3n) is 2.19. The highest BCUT2D eigenvalue weighted by molar-refractivity contribution is 7.12. The number of hydrogen-bond acceptors (Lipinski definition) is 3. The molecule has 0 saturated carbocycles. The van der Waals surface area contributed by atoms with Crippen LogP contribution in [0.3, 0.4) is 0 Å². The monoisotopic (exact) mass is 207 g/mol. The molecule has 0 aliphatic rings. The highest BCUT2D eigenvalue weighted by Gasteiger charge is 2.14. The van der Waals surface area contributed by atoms with Gasteiger partial charge in [-0.05, 0) is 26.1 Å². The summed E-state index contributed by atoms with van der Waals surface area (Å²) in [5.41, 5.74) is 1.18. The summed E-state index contributed by atoms with van der Waals surface area (Å²) in [5.74, 6) is 0. The van der Waals surface area contributed by atoms with E-state index in [1.54, 1.807) is 0 Å². The average molecular weight is 207 g/mol. The second-order valence-electron chi connectivity index (χ2n) is 3.20. The van der Waals surface area contributed by atoms with Crippen LogP contribution in [0, 0.1) is 6.92 Å². The number of thiophene rings is 1. The van der Waals surface area contributed by atoms with Gasteiger partial charge < -0.3 is 5.32 Å². The second-order valence-corrected chi connectivity index (χ2v) is 4.52. The standard InChI is InChI=1S/C10H13N3S/c1-7-3-4-9(14-7)10(11-2)8-5-12-13-6-8/h3-6,10-11H,1-2H3,(H,12,13). The Bertz CT molecular complexity index is 391. The first-order valence-electron chi connectivity index (χ1n) is 4.53. The Balaban J connectivity index is 2.31. The van der Waals surface area contributed by atoms with Crippen LogP contribution in [0.5, 0.6) is 0 Å². The maximum atomic E-state index is 3.96. The predicted molar refractivity (Wildman–Crippen MR) is 58.5 cm³/mol. The molecule has 3 nitrogen and oxygen atoms in total. The van der Waals surface area contributed by atoms with E-state index < -0.39 is 0 Å². The molecule has 0 bridgehead atoms. The van der Waals surface area contributed by atoms with Gasteiger partial charge in [-0.15, -0.1) is 11.3 Å². The van der Waals surface area contributed by atoms with Gasteiger partial charge >= 0.3 is 0 Å². The van der Waals surface area contributed by atoms with E-state index in [4.69, 9.17) is 0 Å². The third kappa shape index (κ3) is 1.71. The Kier molecular flexibility index (Phi) is 2.65. The summed E-state index contributed by atoms with van der Waals surface area (Å²) in [4.78, 5) is 2.66. The molecule has 0 radical (unpaired) electrons. The summed E-state index contributed by atoms with van der Waals surface area (Å²) in [5, 5.41) is 10.1. The third-order valence-corrected chi connectivity index (χ3v) is 3.25. The van der Waals surface area contributed by atoms with Crippen LogP contribution in [-0.2, 0) is 0 Å². The molecule has 0 spiro atoms. The van der Waals surface area contributed by atoms with Crippen LogP contribution >= 0.6 is 11.3 Å². The molecule has 0 aromatic carbocycles. The van der Waals surface area contributed by atoms with E-state index in [1.807, 2.05) is 30.8 Å². The predicted octanol–water partition coefficient (Wildman–Crippen LogP) is 2.09. The lowest BCUT2D eigenvalue weighted by Gasteiger charge is -2.11. The molecule has 0 aliphatic heterocycles. The summed E-state index contributed by atoms with van der Waals surface area (Å²) in [6.45, 7) is 2.12. The Labute approximate surface area is 87.2 Å². The largest absolute Gasteiger partial charge is 0.309 e. The molecule has 2 heterocycles. The average Bonchev–Trinajstić information content (AvgIpc) is 2.79. The van der Waals surface area contributed by atoms with Crippen LogP contribution in [0.4, 0.5) is 0 Å². The first-order valence-corrected chi connectivity index (χ1v) is 5.35. The van der Waals surface area contributed by atoms with Crippen molar-refractivity contribution in [3.8, 4) is 0 Å². The summed E-state index contributed by atoms with van der Waals surface area (Å²) in [7, 11) is 1.96. The molecular formula is C10H13N3S. The number of aryl methyl sites for hydroxylation is 1. The van der Waals surface area contributed by atoms with Crippen molar-refractivity contribution in [2.24, 2.45) is 0 Å². The van der Waals surface area contributed by atoms with Crippen molar-refractivity contribution in [3.63, 3.8) is 0 Å². The highest BCUT2D eigenvalue weighted by Crippen LogP contribution is 2.27. The Morgan fingerprint density at radius 1 is 1.50 bits per heavy atom. The lowest BCUT2D eigenvalue weighted by atomic mass is 10.1. The molecule has 2 aromatic rings. The van der Waals surface area contributed by atoms with E-state index in [-0.39, 0.29) is 6.04 Å². The number of hydrogen-bond donors (Lipinski definition) is 2. The van der Waals surface area contributed by atoms with Crippen molar-refractivity contribution in [1.82, 2.24) is 15.5 Å². The molecule has 2 aromatic heterocycles. The molecule has 74 valence electrons. The van der Waals surface area contributed by atoms with Crippen molar-refractivity contribution in [3.05, 3.63) is 39.8 Å². The maximum absolute atomic E-state index is 3.96. The van der Waals surface area contributed by atoms with E-state index in [0.717, 1.165) is 0 Å². The molecule has 1 unspecified atom stereocenters. The van der Waals surface area contributed by atoms with Gasteiger partial charge in [-0.3, -0.25) is 5.10 Å². The number of aromatic amines is 1. The maximum Gasteiger partial charge on any atom is 0.0699 e. The van der Waals surface area contributed by atoms with Gasteiger partial charge in [0.1, 0.15) is 0 Å². The molecule has 0 amide bonds. The van der Waals surface area contributed by atoms with Crippen molar-refractivity contribution in [2.45, 2.75) is 13.0 Å². The number of H-pyrrole nitrogens is 1. The van der Waals surface area contributed by atoms with Crippen LogP contribution in [0.1, 0.15) is 21.4 Å². The van der Waals surface area contributed by atoms with Crippen molar-refractivity contribution >= 4 is 11.3 Å². The summed E-state index contributed by atoms with van der Waals surface area (Å²) < 4.78 is 0. The van der Waals surface area contributed by atoms with Crippen LogP contribution in [0.25, 0.3) is 0 Å². The van der Waals surface area contributed by atoms with Gasteiger partial charge in [0.05, 0.1) is 12.2 Å². The van der Waals surface area contributed by atoms with Crippen LogP contribution in [0.2, 0.25) is 0 Å². The molecule has 0 aliphatic carbocycles. The van der Waals surface area contributed by atoms with Gasteiger partial charge in [-0.2, -0.15) is 5.10 Å². The van der Waals surface area contributed by atoms with E-state index >= 15 is 0 Å². The normalized spacial score (nSPS) is 13.0. The van der Waals surface area contributed by atoms with Gasteiger partial charge in [-0.25, -0.2) is 0 Å². The number of rotatable bonds is 3. The summed E-state index contributed by atoms with van der Waals surface area (Å²) in [6, 6.07) is 4.56. The Morgan fingerprint density at radius 3 is 2.86 bits per heavy atom. The minimum absolute atomic E-state index is 0.257. The Hall–Kier alpha value is -1.13. The second kappa shape index (κ2) is 3.94. The molecule has 2 N–H and O–H groups in total. The lowest BCUT2D eigenvalue weighted by molar-refractivity contribution is 0.704. The smallest absolute Gasteiger partial charge is 0.0699 e. The summed E-state index contributed by atoms with van der Waals surface area (Å²) in [6.07, 6.45) is 3.78. The molecule has 2 rings (SSSR count). The van der Waals surface area contributed by atoms with Gasteiger partial charge in [-0.1, -0.05) is 0 Å². The van der Waals surface area contributed by atoms with Crippen LogP contribution < -0.4 is 5.32 Å². The minimum Gasteiger partial charge on any atom is -0.309 e. The lowest BCUT2D eigenvalue weighted by Crippen LogP contribution is -2.15. The topological polar surface area (TPSA) is 40.7 Å². The van der Waals surface area contributed by atoms with Gasteiger partial charge in [0, 0.05) is 21.5 Å². The summed E-state index contributed by atoms with van der Waals surface area (Å²) >= 11 is 1.81. The van der Waals surface area contributed by atoms with E-state index in [0.29, 0.717) is 0 Å². The van der Waals surface area contributed by atoms with Crippen LogP contribution in [-0.4, -0.2) is 17.2 Å². The molecule has 1 atom stereocenters. The van der Waals surface area contributed by atoms with Crippen molar-refractivity contribution < 1.29 is 0 Å². The number of aromatic nitrogens is 2. The first kappa shape index (κ1) is 9.43. The number of nitrogens with zero attached hydrogens (tertiary/aromatic N) is 1. The van der Waals surface area contributed by atoms with Crippen molar-refractivity contribution in [2.75, 3.05) is 7.05 Å². The Morgan fingerprint density at radius 2 is 2.36 bits per heavy atom. The fraction of sp³-hybridized carbons (Fsp3) is 0.300. The zero-order chi connectivity index (χ0) is 9.97. The minimum atomic E-state index is 0.257. The fourth-order valence-electron chi connectivity index (χ4n) is 1.50. The van der Waals surface area contributed by atoms with Gasteiger partial charge in [0.2, 0.25) is 0 Å². The molecule has 4 heteroatoms. The molecule has 14 heavy (non-hydrogen) atoms. The molecule has 0 fully saturated rings. The zero-order valence-corrected chi connectivity index (χ0v) is 9.06. The van der Waals surface area contributed by atoms with Crippen molar-refractivity contribution in [1.29, 1.82) is 0 Å². The van der Waals surface area contributed by atoms with Gasteiger partial charge in [0.15, 0.2) is 0 Å². The first-order chi connectivity index (χ1) is 6.81. The fourth-order valence-corrected chi connectivity index (χ4v) is 2.52. The van der Waals surface area contributed by atoms with E-state index in [9.17, 15) is 0 Å². The SMILES string of the molecule is CNC(c1cn[nH]c1)c1ccc(C)s1.